The zero-order valence-corrected chi connectivity index (χ0v) is 10.2. The van der Waals surface area contributed by atoms with Crippen LogP contribution in [0.15, 0.2) is 29.3 Å². The van der Waals surface area contributed by atoms with Crippen LogP contribution < -0.4 is 15.0 Å². The lowest BCUT2D eigenvalue weighted by Crippen LogP contribution is -2.56. The van der Waals surface area contributed by atoms with E-state index in [2.05, 4.69) is 35.2 Å². The molecule has 4 heteroatoms. The van der Waals surface area contributed by atoms with Gasteiger partial charge in [-0.1, -0.05) is 12.1 Å². The van der Waals surface area contributed by atoms with Crippen molar-refractivity contribution in [3.05, 3.63) is 24.3 Å². The number of likely N-dealkylation sites (N-methyl/N-ethyl adjacent to an activating group) is 1. The summed E-state index contributed by atoms with van der Waals surface area (Å²) in [5.74, 6) is 1.90. The lowest BCUT2D eigenvalue weighted by Gasteiger charge is -2.41. The van der Waals surface area contributed by atoms with Crippen LogP contribution in [0.2, 0.25) is 0 Å². The highest BCUT2D eigenvalue weighted by Crippen LogP contribution is 2.36. The second-order valence-electron chi connectivity index (χ2n) is 4.81. The second-order valence-corrected chi connectivity index (χ2v) is 4.81. The Morgan fingerprint density at radius 1 is 1.41 bits per heavy atom. The van der Waals surface area contributed by atoms with Crippen LogP contribution >= 0.6 is 0 Å². The monoisotopic (exact) mass is 231 g/mol. The number of fused-ring (bicyclic) bond motifs is 1. The van der Waals surface area contributed by atoms with Crippen LogP contribution in [0.4, 0.5) is 5.69 Å². The molecule has 1 aromatic rings. The quantitative estimate of drug-likeness (QED) is 0.791. The molecule has 0 aromatic heterocycles. The molecule has 0 fully saturated rings. The van der Waals surface area contributed by atoms with Crippen molar-refractivity contribution < 1.29 is 4.74 Å². The molecular weight excluding hydrogens is 214 g/mol. The van der Waals surface area contributed by atoms with Gasteiger partial charge >= 0.3 is 0 Å². The van der Waals surface area contributed by atoms with Crippen LogP contribution in [-0.4, -0.2) is 38.1 Å². The van der Waals surface area contributed by atoms with E-state index in [1.165, 1.54) is 0 Å². The van der Waals surface area contributed by atoms with Crippen LogP contribution in [0, 0.1) is 0 Å². The van der Waals surface area contributed by atoms with Gasteiger partial charge in [-0.05, 0) is 19.1 Å². The van der Waals surface area contributed by atoms with Crippen molar-refractivity contribution in [2.75, 3.05) is 31.6 Å². The fraction of sp³-hybridized carbons (Fsp3) is 0.462. The Hall–Kier alpha value is -1.71. The van der Waals surface area contributed by atoms with Crippen LogP contribution in [0.3, 0.4) is 0 Å². The summed E-state index contributed by atoms with van der Waals surface area (Å²) in [7, 11) is 2.09. The molecule has 2 aliphatic rings. The Morgan fingerprint density at radius 2 is 2.24 bits per heavy atom. The number of aliphatic imine (C=N–C) groups is 1. The Morgan fingerprint density at radius 3 is 3.00 bits per heavy atom. The average Bonchev–Trinajstić information content (AvgIpc) is 2.83. The SMILES string of the molecule is CN1C[C@](C)(C2=NCCN2)Oc2ccccc21. The topological polar surface area (TPSA) is 36.9 Å². The summed E-state index contributed by atoms with van der Waals surface area (Å²) < 4.78 is 6.14. The molecule has 1 atom stereocenters. The minimum absolute atomic E-state index is 0.362. The van der Waals surface area contributed by atoms with E-state index in [9.17, 15) is 0 Å². The summed E-state index contributed by atoms with van der Waals surface area (Å²) >= 11 is 0. The molecule has 1 aromatic carbocycles. The van der Waals surface area contributed by atoms with Gasteiger partial charge in [0.25, 0.3) is 0 Å². The molecule has 90 valence electrons. The zero-order valence-electron chi connectivity index (χ0n) is 10.2. The highest BCUT2D eigenvalue weighted by molar-refractivity contribution is 5.93. The van der Waals surface area contributed by atoms with Crippen molar-refractivity contribution in [2.24, 2.45) is 4.99 Å². The molecule has 0 bridgehead atoms. The van der Waals surface area contributed by atoms with E-state index in [1.54, 1.807) is 0 Å². The van der Waals surface area contributed by atoms with Crippen LogP contribution in [0.1, 0.15) is 6.92 Å². The van der Waals surface area contributed by atoms with Crippen molar-refractivity contribution >= 4 is 11.5 Å². The fourth-order valence-electron chi connectivity index (χ4n) is 2.55. The third kappa shape index (κ3) is 1.64. The summed E-state index contributed by atoms with van der Waals surface area (Å²) in [6, 6.07) is 8.13. The van der Waals surface area contributed by atoms with E-state index >= 15 is 0 Å². The Balaban J connectivity index is 1.97. The molecule has 0 unspecified atom stereocenters. The Kier molecular flexibility index (Phi) is 2.24. The molecule has 3 rings (SSSR count). The lowest BCUT2D eigenvalue weighted by molar-refractivity contribution is 0.154. The smallest absolute Gasteiger partial charge is 0.180 e. The first kappa shape index (κ1) is 10.4. The Labute approximate surface area is 101 Å². The first-order chi connectivity index (χ1) is 8.19. The largest absolute Gasteiger partial charge is 0.476 e. The van der Waals surface area contributed by atoms with Gasteiger partial charge < -0.3 is 15.0 Å². The van der Waals surface area contributed by atoms with Crippen molar-refractivity contribution in [3.63, 3.8) is 0 Å². The predicted molar refractivity (Wildman–Crippen MR) is 69.0 cm³/mol. The highest BCUT2D eigenvalue weighted by atomic mass is 16.5. The van der Waals surface area contributed by atoms with Gasteiger partial charge in [0.15, 0.2) is 5.60 Å². The van der Waals surface area contributed by atoms with Crippen molar-refractivity contribution in [2.45, 2.75) is 12.5 Å². The molecule has 17 heavy (non-hydrogen) atoms. The number of nitrogens with one attached hydrogen (secondary N) is 1. The first-order valence-corrected chi connectivity index (χ1v) is 5.97. The molecule has 0 aliphatic carbocycles. The summed E-state index contributed by atoms with van der Waals surface area (Å²) in [4.78, 5) is 6.72. The zero-order chi connectivity index (χ0) is 11.9. The van der Waals surface area contributed by atoms with Crippen LogP contribution in [0.5, 0.6) is 5.75 Å². The van der Waals surface area contributed by atoms with Gasteiger partial charge in [0.05, 0.1) is 18.8 Å². The van der Waals surface area contributed by atoms with Crippen LogP contribution in [0.25, 0.3) is 0 Å². The molecule has 1 N–H and O–H groups in total. The van der Waals surface area contributed by atoms with Gasteiger partial charge in [-0.15, -0.1) is 0 Å². The summed E-state index contributed by atoms with van der Waals surface area (Å²) in [5, 5.41) is 3.32. The van der Waals surface area contributed by atoms with Gasteiger partial charge in [0.2, 0.25) is 0 Å². The molecule has 0 saturated carbocycles. The van der Waals surface area contributed by atoms with Crippen molar-refractivity contribution in [1.82, 2.24) is 5.32 Å². The molecule has 2 heterocycles. The minimum atomic E-state index is -0.362. The number of anilines is 1. The lowest BCUT2D eigenvalue weighted by atomic mass is 10.0. The highest BCUT2D eigenvalue weighted by Gasteiger charge is 2.40. The van der Waals surface area contributed by atoms with Gasteiger partial charge in [0.1, 0.15) is 11.6 Å². The number of nitrogens with zero attached hydrogens (tertiary/aromatic N) is 2. The molecule has 0 spiro atoms. The van der Waals surface area contributed by atoms with Crippen molar-refractivity contribution in [3.8, 4) is 5.75 Å². The van der Waals surface area contributed by atoms with E-state index in [4.69, 9.17) is 4.74 Å². The molecule has 0 amide bonds. The van der Waals surface area contributed by atoms with E-state index in [-0.39, 0.29) is 5.60 Å². The summed E-state index contributed by atoms with van der Waals surface area (Å²) in [6.07, 6.45) is 0. The molecular formula is C13H17N3O. The molecule has 0 radical (unpaired) electrons. The number of hydrogen-bond acceptors (Lipinski definition) is 4. The van der Waals surface area contributed by atoms with Crippen LogP contribution in [-0.2, 0) is 0 Å². The predicted octanol–water partition coefficient (Wildman–Crippen LogP) is 1.28. The normalized spacial score (nSPS) is 26.9. The number of para-hydroxylation sites is 2. The van der Waals surface area contributed by atoms with Gasteiger partial charge in [-0.3, -0.25) is 4.99 Å². The van der Waals surface area contributed by atoms with Gasteiger partial charge in [-0.25, -0.2) is 0 Å². The number of benzene rings is 1. The fourth-order valence-corrected chi connectivity index (χ4v) is 2.55. The number of ether oxygens (including phenoxy) is 1. The average molecular weight is 231 g/mol. The number of rotatable bonds is 1. The minimum Gasteiger partial charge on any atom is -0.476 e. The maximum absolute atomic E-state index is 6.14. The van der Waals surface area contributed by atoms with Gasteiger partial charge in [0, 0.05) is 13.6 Å². The second kappa shape index (κ2) is 3.65. The maximum Gasteiger partial charge on any atom is 0.180 e. The standard InChI is InChI=1S/C13H17N3O/c1-13(12-14-7-8-15-12)9-16(2)10-5-3-4-6-11(10)17-13/h3-6H,7-9H2,1-2H3,(H,14,15)/t13-/m1/s1. The first-order valence-electron chi connectivity index (χ1n) is 5.97. The number of amidine groups is 1. The van der Waals surface area contributed by atoms with Gasteiger partial charge in [-0.2, -0.15) is 0 Å². The van der Waals surface area contributed by atoms with Crippen molar-refractivity contribution in [1.29, 1.82) is 0 Å². The molecule has 4 nitrogen and oxygen atoms in total. The summed E-state index contributed by atoms with van der Waals surface area (Å²) in [6.45, 7) is 4.67. The van der Waals surface area contributed by atoms with E-state index in [0.717, 1.165) is 36.9 Å². The molecule has 2 aliphatic heterocycles. The summed E-state index contributed by atoms with van der Waals surface area (Å²) in [5.41, 5.74) is 0.781. The van der Waals surface area contributed by atoms with E-state index < -0.39 is 0 Å². The third-order valence-electron chi connectivity index (χ3n) is 3.33. The van der Waals surface area contributed by atoms with E-state index in [0.29, 0.717) is 0 Å². The maximum atomic E-state index is 6.14. The molecule has 0 saturated heterocycles. The van der Waals surface area contributed by atoms with E-state index in [1.807, 2.05) is 18.2 Å². The third-order valence-corrected chi connectivity index (χ3v) is 3.33. The Bertz CT molecular complexity index is 471. The number of hydrogen-bond donors (Lipinski definition) is 1.